The largest absolute Gasteiger partial charge is 0.392 e. The third kappa shape index (κ3) is 4.37. The van der Waals surface area contributed by atoms with Gasteiger partial charge in [-0.2, -0.15) is 0 Å². The highest BCUT2D eigenvalue weighted by Crippen LogP contribution is 2.42. The summed E-state index contributed by atoms with van der Waals surface area (Å²) in [6.45, 7) is 9.21. The summed E-state index contributed by atoms with van der Waals surface area (Å²) >= 11 is 6.12. The summed E-state index contributed by atoms with van der Waals surface area (Å²) in [4.78, 5) is 12.7. The van der Waals surface area contributed by atoms with Gasteiger partial charge in [0.1, 0.15) is 6.10 Å². The molecule has 0 radical (unpaired) electrons. The zero-order valence-electron chi connectivity index (χ0n) is 17.5. The topological polar surface area (TPSA) is 46.5 Å². The van der Waals surface area contributed by atoms with Crippen LogP contribution in [0.25, 0.3) is 21.9 Å². The van der Waals surface area contributed by atoms with Gasteiger partial charge < -0.3 is 9.84 Å². The van der Waals surface area contributed by atoms with E-state index in [4.69, 9.17) is 16.3 Å². The molecule has 1 unspecified atom stereocenters. The molecule has 0 bridgehead atoms. The molecule has 0 amide bonds. The summed E-state index contributed by atoms with van der Waals surface area (Å²) in [7, 11) is 0. The molecule has 152 valence electrons. The summed E-state index contributed by atoms with van der Waals surface area (Å²) in [6, 6.07) is 15.6. The first-order valence-corrected chi connectivity index (χ1v) is 10.1. The molecule has 0 aliphatic carbocycles. The molecule has 3 aromatic carbocycles. The van der Waals surface area contributed by atoms with Gasteiger partial charge in [-0.05, 0) is 85.3 Å². The Morgan fingerprint density at radius 3 is 2.17 bits per heavy atom. The van der Waals surface area contributed by atoms with Crippen LogP contribution in [-0.2, 0) is 16.1 Å². The molecule has 3 rings (SSSR count). The van der Waals surface area contributed by atoms with E-state index < -0.39 is 11.7 Å². The molecule has 3 aromatic rings. The Labute approximate surface area is 177 Å². The van der Waals surface area contributed by atoms with Crippen LogP contribution in [0.2, 0.25) is 5.02 Å². The molecule has 0 aliphatic heterocycles. The van der Waals surface area contributed by atoms with Gasteiger partial charge >= 0.3 is 0 Å². The van der Waals surface area contributed by atoms with Gasteiger partial charge in [0.05, 0.1) is 12.2 Å². The van der Waals surface area contributed by atoms with Crippen LogP contribution < -0.4 is 0 Å². The van der Waals surface area contributed by atoms with E-state index in [1.54, 1.807) is 6.92 Å². The normalized spacial score (nSPS) is 12.9. The molecule has 0 heterocycles. The van der Waals surface area contributed by atoms with E-state index >= 15 is 0 Å². The first kappa shape index (κ1) is 21.5. The number of ether oxygens (including phenoxy) is 1. The second-order valence-electron chi connectivity index (χ2n) is 8.32. The van der Waals surface area contributed by atoms with Crippen LogP contribution in [0.1, 0.15) is 50.5 Å². The second-order valence-corrected chi connectivity index (χ2v) is 8.76. The number of ketones is 1. The fourth-order valence-corrected chi connectivity index (χ4v) is 3.95. The van der Waals surface area contributed by atoms with Crippen molar-refractivity contribution in [3.05, 3.63) is 70.2 Å². The van der Waals surface area contributed by atoms with Crippen LogP contribution >= 0.6 is 11.6 Å². The maximum Gasteiger partial charge on any atom is 0.163 e. The average Bonchev–Trinajstić information content (AvgIpc) is 2.65. The van der Waals surface area contributed by atoms with Crippen molar-refractivity contribution in [3.63, 3.8) is 0 Å². The van der Waals surface area contributed by atoms with Crippen molar-refractivity contribution in [2.45, 2.75) is 52.9 Å². The third-order valence-electron chi connectivity index (χ3n) is 5.04. The highest BCUT2D eigenvalue weighted by atomic mass is 35.5. The first-order chi connectivity index (χ1) is 13.6. The molecule has 1 N–H and O–H groups in total. The highest BCUT2D eigenvalue weighted by molar-refractivity contribution is 6.30. The average molecular weight is 411 g/mol. The quantitative estimate of drug-likeness (QED) is 0.528. The number of halogens is 1. The van der Waals surface area contributed by atoms with Crippen LogP contribution in [-0.4, -0.2) is 16.5 Å². The molecule has 0 saturated carbocycles. The minimum absolute atomic E-state index is 0.0718. The number of hydrogen-bond acceptors (Lipinski definition) is 3. The Kier molecular flexibility index (Phi) is 6.13. The summed E-state index contributed by atoms with van der Waals surface area (Å²) in [5.74, 6) is -0.0718. The van der Waals surface area contributed by atoms with Crippen LogP contribution in [0, 0.1) is 6.92 Å². The highest BCUT2D eigenvalue weighted by Gasteiger charge is 2.30. The minimum atomic E-state index is -0.740. The zero-order chi connectivity index (χ0) is 21.3. The van der Waals surface area contributed by atoms with E-state index in [1.165, 1.54) is 0 Å². The van der Waals surface area contributed by atoms with Gasteiger partial charge in [0, 0.05) is 5.02 Å². The lowest BCUT2D eigenvalue weighted by Crippen LogP contribution is -2.27. The van der Waals surface area contributed by atoms with E-state index in [0.717, 1.165) is 38.6 Å². The van der Waals surface area contributed by atoms with Crippen molar-refractivity contribution < 1.29 is 14.6 Å². The number of carbonyl (C=O) groups excluding carboxylic acids is 1. The van der Waals surface area contributed by atoms with E-state index in [-0.39, 0.29) is 12.4 Å². The number of rotatable bonds is 5. The van der Waals surface area contributed by atoms with Gasteiger partial charge in [-0.25, -0.2) is 0 Å². The lowest BCUT2D eigenvalue weighted by molar-refractivity contribution is -0.138. The van der Waals surface area contributed by atoms with E-state index in [2.05, 4.69) is 0 Å². The lowest BCUT2D eigenvalue weighted by Gasteiger charge is -2.30. The van der Waals surface area contributed by atoms with Gasteiger partial charge in [0.15, 0.2) is 5.78 Å². The molecule has 0 fully saturated rings. The van der Waals surface area contributed by atoms with Crippen LogP contribution in [0.15, 0.2) is 48.5 Å². The van der Waals surface area contributed by atoms with E-state index in [9.17, 15) is 9.90 Å². The van der Waals surface area contributed by atoms with Gasteiger partial charge in [0.25, 0.3) is 0 Å². The number of aliphatic hydroxyl groups excluding tert-OH is 1. The monoisotopic (exact) mass is 410 g/mol. The SMILES string of the molecule is CC(=O)C(OC(C)(C)C)c1c(C)c(CO)c2ccccc2c1-c1ccc(Cl)cc1. The standard InChI is InChI=1S/C25H27ClO3/c1-15-21(14-27)19-8-6-7-9-20(19)23(17-10-12-18(26)13-11-17)22(15)24(16(2)28)29-25(3,4)5/h6-13,24,27H,14H2,1-5H3. The number of carbonyl (C=O) groups is 1. The van der Waals surface area contributed by atoms with Gasteiger partial charge in [0.2, 0.25) is 0 Å². The van der Waals surface area contributed by atoms with Crippen molar-refractivity contribution in [1.82, 2.24) is 0 Å². The fourth-order valence-electron chi connectivity index (χ4n) is 3.82. The van der Waals surface area contributed by atoms with Crippen molar-refractivity contribution in [3.8, 4) is 11.1 Å². The number of fused-ring (bicyclic) bond motifs is 1. The van der Waals surface area contributed by atoms with Crippen LogP contribution in [0.5, 0.6) is 0 Å². The molecule has 29 heavy (non-hydrogen) atoms. The smallest absolute Gasteiger partial charge is 0.163 e. The maximum atomic E-state index is 12.7. The molecular formula is C25H27ClO3. The number of hydrogen-bond donors (Lipinski definition) is 1. The molecule has 0 aromatic heterocycles. The Balaban J connectivity index is 2.46. The van der Waals surface area contributed by atoms with Crippen molar-refractivity contribution in [1.29, 1.82) is 0 Å². The minimum Gasteiger partial charge on any atom is -0.392 e. The molecule has 1 atom stereocenters. The van der Waals surface area contributed by atoms with Gasteiger partial charge in [-0.1, -0.05) is 48.0 Å². The molecule has 4 heteroatoms. The zero-order valence-corrected chi connectivity index (χ0v) is 18.3. The second kappa shape index (κ2) is 8.27. The molecule has 0 saturated heterocycles. The molecular weight excluding hydrogens is 384 g/mol. The summed E-state index contributed by atoms with van der Waals surface area (Å²) in [6.07, 6.45) is -0.740. The third-order valence-corrected chi connectivity index (χ3v) is 5.29. The van der Waals surface area contributed by atoms with Crippen molar-refractivity contribution >= 4 is 28.2 Å². The summed E-state index contributed by atoms with van der Waals surface area (Å²) < 4.78 is 6.24. The predicted molar refractivity (Wildman–Crippen MR) is 119 cm³/mol. The molecule has 0 spiro atoms. The number of Topliss-reactive ketones (excluding diaryl/α,β-unsaturated/α-hetero) is 1. The number of aliphatic hydroxyl groups is 1. The van der Waals surface area contributed by atoms with E-state index in [0.29, 0.717) is 5.02 Å². The van der Waals surface area contributed by atoms with Crippen molar-refractivity contribution in [2.75, 3.05) is 0 Å². The Hall–Kier alpha value is -2.20. The van der Waals surface area contributed by atoms with Gasteiger partial charge in [-0.3, -0.25) is 4.79 Å². The predicted octanol–water partition coefficient (Wildman–Crippen LogP) is 6.41. The molecule has 3 nitrogen and oxygen atoms in total. The summed E-state index contributed by atoms with van der Waals surface area (Å²) in [5, 5.41) is 12.7. The van der Waals surface area contributed by atoms with Crippen LogP contribution in [0.4, 0.5) is 0 Å². The Morgan fingerprint density at radius 2 is 1.66 bits per heavy atom. The maximum absolute atomic E-state index is 12.7. The van der Waals surface area contributed by atoms with Crippen LogP contribution in [0.3, 0.4) is 0 Å². The Morgan fingerprint density at radius 1 is 1.07 bits per heavy atom. The Bertz CT molecular complexity index is 1050. The molecule has 0 aliphatic rings. The lowest BCUT2D eigenvalue weighted by atomic mass is 9.83. The van der Waals surface area contributed by atoms with E-state index in [1.807, 2.05) is 76.2 Å². The fraction of sp³-hybridized carbons (Fsp3) is 0.320. The summed E-state index contributed by atoms with van der Waals surface area (Å²) in [5.41, 5.74) is 3.88. The first-order valence-electron chi connectivity index (χ1n) is 9.73. The van der Waals surface area contributed by atoms with Crippen molar-refractivity contribution in [2.24, 2.45) is 0 Å². The van der Waals surface area contributed by atoms with Gasteiger partial charge in [-0.15, -0.1) is 0 Å². The number of benzene rings is 3.